The van der Waals surface area contributed by atoms with Crippen LogP contribution in [-0.2, 0) is 0 Å². The van der Waals surface area contributed by atoms with Gasteiger partial charge >= 0.3 is 0 Å². The molecule has 0 atom stereocenters. The first-order valence-electron chi connectivity index (χ1n) is 5.34. The van der Waals surface area contributed by atoms with Crippen LogP contribution in [0.25, 0.3) is 0 Å². The highest BCUT2D eigenvalue weighted by Gasteiger charge is 2.12. The van der Waals surface area contributed by atoms with Gasteiger partial charge in [0, 0.05) is 11.6 Å². The molecule has 0 saturated heterocycles. The maximum Gasteiger partial charge on any atom is 0.213 e. The topological polar surface area (TPSA) is 39.2 Å². The molecule has 3 heteroatoms. The van der Waals surface area contributed by atoms with Gasteiger partial charge in [-0.05, 0) is 18.6 Å². The maximum atomic E-state index is 12.2. The number of aromatic nitrogens is 1. The second kappa shape index (κ2) is 4.78. The van der Waals surface area contributed by atoms with Crippen LogP contribution < -0.4 is 4.74 Å². The highest BCUT2D eigenvalue weighted by atomic mass is 16.5. The van der Waals surface area contributed by atoms with E-state index in [9.17, 15) is 4.79 Å². The van der Waals surface area contributed by atoms with Crippen molar-refractivity contribution >= 4 is 5.78 Å². The van der Waals surface area contributed by atoms with Crippen molar-refractivity contribution in [2.45, 2.75) is 6.92 Å². The Hall–Kier alpha value is -2.16. The molecule has 0 amide bonds. The molecule has 0 N–H and O–H groups in total. The molecule has 0 fully saturated rings. The summed E-state index contributed by atoms with van der Waals surface area (Å²) in [6, 6.07) is 12.6. The smallest absolute Gasteiger partial charge is 0.213 e. The molecule has 0 aliphatic rings. The molecule has 1 heterocycles. The Morgan fingerprint density at radius 1 is 1.12 bits per heavy atom. The molecule has 0 bridgehead atoms. The zero-order valence-corrected chi connectivity index (χ0v) is 9.81. The lowest BCUT2D eigenvalue weighted by atomic mass is 10.0. The van der Waals surface area contributed by atoms with Crippen LogP contribution in [0, 0.1) is 6.92 Å². The monoisotopic (exact) mass is 227 g/mol. The van der Waals surface area contributed by atoms with Crippen molar-refractivity contribution in [3.8, 4) is 5.88 Å². The third-order valence-electron chi connectivity index (χ3n) is 2.56. The first-order valence-corrected chi connectivity index (χ1v) is 5.34. The quantitative estimate of drug-likeness (QED) is 0.757. The van der Waals surface area contributed by atoms with Crippen molar-refractivity contribution in [1.29, 1.82) is 0 Å². The minimum Gasteiger partial charge on any atom is -0.481 e. The number of hydrogen-bond donors (Lipinski definition) is 0. The number of ether oxygens (including phenoxy) is 1. The Morgan fingerprint density at radius 2 is 1.88 bits per heavy atom. The fourth-order valence-corrected chi connectivity index (χ4v) is 1.62. The number of rotatable bonds is 3. The average molecular weight is 227 g/mol. The zero-order valence-electron chi connectivity index (χ0n) is 9.81. The van der Waals surface area contributed by atoms with E-state index in [1.807, 2.05) is 25.1 Å². The van der Waals surface area contributed by atoms with Crippen molar-refractivity contribution in [1.82, 2.24) is 4.98 Å². The summed E-state index contributed by atoms with van der Waals surface area (Å²) in [4.78, 5) is 16.4. The van der Waals surface area contributed by atoms with Gasteiger partial charge in [0.25, 0.3) is 0 Å². The van der Waals surface area contributed by atoms with Crippen LogP contribution in [0.2, 0.25) is 0 Å². The Balaban J connectivity index is 2.40. The summed E-state index contributed by atoms with van der Waals surface area (Å²) in [5.74, 6) is 0.367. The highest BCUT2D eigenvalue weighted by molar-refractivity contribution is 6.08. The van der Waals surface area contributed by atoms with Gasteiger partial charge in [0.2, 0.25) is 11.7 Å². The van der Waals surface area contributed by atoms with E-state index in [1.165, 1.54) is 7.11 Å². The van der Waals surface area contributed by atoms with Gasteiger partial charge in [-0.25, -0.2) is 4.98 Å². The van der Waals surface area contributed by atoms with Gasteiger partial charge in [-0.3, -0.25) is 4.79 Å². The fraction of sp³-hybridized carbons (Fsp3) is 0.143. The minimum absolute atomic E-state index is 0.0815. The summed E-state index contributed by atoms with van der Waals surface area (Å²) in [5.41, 5.74) is 2.02. The van der Waals surface area contributed by atoms with E-state index < -0.39 is 0 Å². The molecule has 3 nitrogen and oxygen atoms in total. The van der Waals surface area contributed by atoms with Crippen LogP contribution in [0.15, 0.2) is 42.5 Å². The molecule has 0 radical (unpaired) electrons. The Morgan fingerprint density at radius 3 is 2.59 bits per heavy atom. The SMILES string of the molecule is COc1cccc(C(=O)c2ccccc2C)n1. The summed E-state index contributed by atoms with van der Waals surface area (Å²) >= 11 is 0. The Kier molecular flexibility index (Phi) is 3.19. The molecule has 86 valence electrons. The number of benzene rings is 1. The second-order valence-electron chi connectivity index (χ2n) is 3.71. The average Bonchev–Trinajstić information content (AvgIpc) is 2.38. The van der Waals surface area contributed by atoms with Crippen LogP contribution in [0.3, 0.4) is 0 Å². The lowest BCUT2D eigenvalue weighted by Crippen LogP contribution is -2.06. The molecule has 1 aromatic carbocycles. The van der Waals surface area contributed by atoms with Gasteiger partial charge in [0.1, 0.15) is 5.69 Å². The predicted molar refractivity (Wildman–Crippen MR) is 65.4 cm³/mol. The number of methoxy groups -OCH3 is 1. The third kappa shape index (κ3) is 2.33. The van der Waals surface area contributed by atoms with E-state index in [1.54, 1.807) is 24.3 Å². The minimum atomic E-state index is -0.0815. The van der Waals surface area contributed by atoms with Crippen LogP contribution in [-0.4, -0.2) is 17.9 Å². The van der Waals surface area contributed by atoms with Gasteiger partial charge in [0.15, 0.2) is 0 Å². The first kappa shape index (κ1) is 11.3. The van der Waals surface area contributed by atoms with Gasteiger partial charge < -0.3 is 4.74 Å². The van der Waals surface area contributed by atoms with Gasteiger partial charge in [0.05, 0.1) is 7.11 Å². The summed E-state index contributed by atoms with van der Waals surface area (Å²) in [5, 5.41) is 0. The molecule has 2 rings (SSSR count). The summed E-state index contributed by atoms with van der Waals surface area (Å²) < 4.78 is 5.01. The molecule has 2 aromatic rings. The molecule has 1 aromatic heterocycles. The van der Waals surface area contributed by atoms with Crippen molar-refractivity contribution in [2.75, 3.05) is 7.11 Å². The zero-order chi connectivity index (χ0) is 12.3. The molecule has 0 aliphatic heterocycles. The van der Waals surface area contributed by atoms with Gasteiger partial charge in [-0.2, -0.15) is 0 Å². The molecule has 17 heavy (non-hydrogen) atoms. The van der Waals surface area contributed by atoms with E-state index >= 15 is 0 Å². The summed E-state index contributed by atoms with van der Waals surface area (Å²) in [7, 11) is 1.53. The van der Waals surface area contributed by atoms with Crippen molar-refractivity contribution < 1.29 is 9.53 Å². The molecular formula is C14H13NO2. The number of aryl methyl sites for hydroxylation is 1. The molecule has 0 saturated carbocycles. The van der Waals surface area contributed by atoms with Crippen molar-refractivity contribution in [3.05, 3.63) is 59.3 Å². The molecular weight excluding hydrogens is 214 g/mol. The summed E-state index contributed by atoms with van der Waals surface area (Å²) in [6.07, 6.45) is 0. The van der Waals surface area contributed by atoms with Crippen LogP contribution >= 0.6 is 0 Å². The van der Waals surface area contributed by atoms with E-state index in [2.05, 4.69) is 4.98 Å². The van der Waals surface area contributed by atoms with E-state index in [0.29, 0.717) is 17.1 Å². The van der Waals surface area contributed by atoms with Gasteiger partial charge in [-0.15, -0.1) is 0 Å². The number of ketones is 1. The number of hydrogen-bond acceptors (Lipinski definition) is 3. The summed E-state index contributed by atoms with van der Waals surface area (Å²) in [6.45, 7) is 1.91. The fourth-order valence-electron chi connectivity index (χ4n) is 1.62. The number of carbonyl (C=O) groups excluding carboxylic acids is 1. The molecule has 0 aliphatic carbocycles. The van der Waals surface area contributed by atoms with Crippen LogP contribution in [0.1, 0.15) is 21.6 Å². The number of carbonyl (C=O) groups is 1. The lowest BCUT2D eigenvalue weighted by molar-refractivity contribution is 0.103. The van der Waals surface area contributed by atoms with Crippen molar-refractivity contribution in [3.63, 3.8) is 0 Å². The second-order valence-corrected chi connectivity index (χ2v) is 3.71. The van der Waals surface area contributed by atoms with Crippen LogP contribution in [0.4, 0.5) is 0 Å². The molecule has 0 spiro atoms. The Labute approximate surface area is 100 Å². The van der Waals surface area contributed by atoms with Gasteiger partial charge in [-0.1, -0.05) is 30.3 Å². The van der Waals surface area contributed by atoms with E-state index in [0.717, 1.165) is 5.56 Å². The van der Waals surface area contributed by atoms with E-state index in [-0.39, 0.29) is 5.78 Å². The molecule has 0 unspecified atom stereocenters. The predicted octanol–water partition coefficient (Wildman–Crippen LogP) is 2.63. The number of nitrogens with zero attached hydrogens (tertiary/aromatic N) is 1. The third-order valence-corrected chi connectivity index (χ3v) is 2.56. The lowest BCUT2D eigenvalue weighted by Gasteiger charge is -2.05. The standard InChI is InChI=1S/C14H13NO2/c1-10-6-3-4-7-11(10)14(16)12-8-5-9-13(15-12)17-2/h3-9H,1-2H3. The number of pyridine rings is 1. The van der Waals surface area contributed by atoms with Crippen LogP contribution in [0.5, 0.6) is 5.88 Å². The normalized spacial score (nSPS) is 10.0. The van der Waals surface area contributed by atoms with Crippen molar-refractivity contribution in [2.24, 2.45) is 0 Å². The highest BCUT2D eigenvalue weighted by Crippen LogP contribution is 2.14. The first-order chi connectivity index (χ1) is 8.22. The largest absolute Gasteiger partial charge is 0.481 e. The Bertz CT molecular complexity index is 549. The van der Waals surface area contributed by atoms with E-state index in [4.69, 9.17) is 4.74 Å². The maximum absolute atomic E-state index is 12.2.